The maximum absolute atomic E-state index is 12.7. The van der Waals surface area contributed by atoms with E-state index in [-0.39, 0.29) is 42.7 Å². The number of esters is 2. The van der Waals surface area contributed by atoms with E-state index in [0.717, 1.165) is 57.8 Å². The van der Waals surface area contributed by atoms with Gasteiger partial charge in [-0.2, -0.15) is 0 Å². The number of unbranched alkanes of at least 4 members (excludes halogenated alkanes) is 11. The largest absolute Gasteiger partial charge is 0.477 e. The summed E-state index contributed by atoms with van der Waals surface area (Å²) in [7, 11) is 5.50. The zero-order valence-corrected chi connectivity index (χ0v) is 37.5. The lowest BCUT2D eigenvalue weighted by atomic mass is 10.1. The third-order valence-electron chi connectivity index (χ3n) is 9.54. The van der Waals surface area contributed by atoms with E-state index < -0.39 is 18.1 Å². The summed E-state index contributed by atoms with van der Waals surface area (Å²) in [6, 6.07) is -0.630. The molecule has 0 aromatic heterocycles. The number of carboxylic acid groups (broad SMARTS) is 1. The Morgan fingerprint density at radius 3 is 1.50 bits per heavy atom. The van der Waals surface area contributed by atoms with Crippen molar-refractivity contribution < 1.29 is 38.2 Å². The van der Waals surface area contributed by atoms with E-state index in [4.69, 9.17) is 14.2 Å². The standard InChI is InChI=1S/C50H83NO7/c1-6-8-10-12-14-16-18-20-22-23-24-25-27-28-30-32-34-36-38-40-48(52)57-45-46(44-56-43-42-47(50(54)55)51(3,4)5)58-49(53)41-39-37-35-33-31-29-26-21-19-17-15-13-11-9-7-2/h8,10,14,16-17,19-20,22,24-25,28,30,34,36,46-47H,6-7,9,11-13,15,18,21,23,26-27,29,31-33,35,37-45H2,1-5H3/p+1/b10-8+,16-14+,19-17+,22-20+,25-24+,30-28+,36-34+. The molecule has 2 unspecified atom stereocenters. The van der Waals surface area contributed by atoms with Gasteiger partial charge in [-0.3, -0.25) is 9.59 Å². The van der Waals surface area contributed by atoms with Gasteiger partial charge in [0, 0.05) is 19.3 Å². The van der Waals surface area contributed by atoms with Crippen molar-refractivity contribution >= 4 is 17.9 Å². The number of likely N-dealkylation sites (N-methyl/N-ethyl adjacent to an activating group) is 1. The van der Waals surface area contributed by atoms with Gasteiger partial charge < -0.3 is 23.8 Å². The Morgan fingerprint density at radius 2 is 1.00 bits per heavy atom. The molecule has 0 aliphatic heterocycles. The average Bonchev–Trinajstić information content (AvgIpc) is 3.18. The van der Waals surface area contributed by atoms with Crippen LogP contribution < -0.4 is 0 Å². The molecule has 0 saturated carbocycles. The van der Waals surface area contributed by atoms with Crippen molar-refractivity contribution in [1.82, 2.24) is 0 Å². The molecule has 0 radical (unpaired) electrons. The monoisotopic (exact) mass is 811 g/mol. The Morgan fingerprint density at radius 1 is 0.534 bits per heavy atom. The number of hydrogen-bond acceptors (Lipinski definition) is 6. The maximum atomic E-state index is 12.7. The fraction of sp³-hybridized carbons (Fsp3) is 0.660. The van der Waals surface area contributed by atoms with E-state index in [0.29, 0.717) is 19.3 Å². The molecule has 0 aliphatic carbocycles. The topological polar surface area (TPSA) is 99.1 Å². The van der Waals surface area contributed by atoms with Gasteiger partial charge >= 0.3 is 17.9 Å². The van der Waals surface area contributed by atoms with Gasteiger partial charge in [-0.15, -0.1) is 0 Å². The zero-order valence-electron chi connectivity index (χ0n) is 37.5. The molecule has 0 spiro atoms. The summed E-state index contributed by atoms with van der Waals surface area (Å²) in [4.78, 5) is 37.0. The normalized spacial score (nSPS) is 13.7. The van der Waals surface area contributed by atoms with Gasteiger partial charge in [-0.05, 0) is 77.0 Å². The number of carbonyl (C=O) groups excluding carboxylic acids is 2. The van der Waals surface area contributed by atoms with Crippen molar-refractivity contribution in [2.75, 3.05) is 41.0 Å². The smallest absolute Gasteiger partial charge is 0.362 e. The minimum Gasteiger partial charge on any atom is -0.477 e. The third-order valence-corrected chi connectivity index (χ3v) is 9.54. The predicted molar refractivity (Wildman–Crippen MR) is 243 cm³/mol. The van der Waals surface area contributed by atoms with Gasteiger partial charge in [-0.25, -0.2) is 4.79 Å². The van der Waals surface area contributed by atoms with Gasteiger partial charge in [0.1, 0.15) is 6.61 Å². The molecular weight excluding hydrogens is 727 g/mol. The van der Waals surface area contributed by atoms with Crippen molar-refractivity contribution in [1.29, 1.82) is 0 Å². The fourth-order valence-corrected chi connectivity index (χ4v) is 6.05. The van der Waals surface area contributed by atoms with Crippen LogP contribution in [0.2, 0.25) is 0 Å². The summed E-state index contributed by atoms with van der Waals surface area (Å²) in [5.41, 5.74) is 0. The molecule has 8 nitrogen and oxygen atoms in total. The number of carboxylic acids is 1. The van der Waals surface area contributed by atoms with Crippen LogP contribution in [-0.4, -0.2) is 80.6 Å². The highest BCUT2D eigenvalue weighted by Crippen LogP contribution is 2.13. The molecule has 0 heterocycles. The first kappa shape index (κ1) is 54.5. The summed E-state index contributed by atoms with van der Waals surface area (Å²) >= 11 is 0. The second kappa shape index (κ2) is 40.3. The van der Waals surface area contributed by atoms with E-state index in [1.807, 2.05) is 33.3 Å². The number of hydrogen-bond donors (Lipinski definition) is 1. The molecule has 0 fully saturated rings. The van der Waals surface area contributed by atoms with Crippen LogP contribution in [0, 0.1) is 0 Å². The van der Waals surface area contributed by atoms with Gasteiger partial charge in [0.25, 0.3) is 0 Å². The lowest BCUT2D eigenvalue weighted by molar-refractivity contribution is -0.887. The van der Waals surface area contributed by atoms with Crippen LogP contribution in [0.5, 0.6) is 0 Å². The van der Waals surface area contributed by atoms with Crippen LogP contribution in [0.1, 0.15) is 162 Å². The first-order valence-corrected chi connectivity index (χ1v) is 22.6. The number of nitrogens with zero attached hydrogens (tertiary/aromatic N) is 1. The quantitative estimate of drug-likeness (QED) is 0.0286. The Hall–Kier alpha value is -3.49. The summed E-state index contributed by atoms with van der Waals surface area (Å²) in [6.45, 7) is 4.51. The zero-order chi connectivity index (χ0) is 42.8. The molecule has 8 heteroatoms. The van der Waals surface area contributed by atoms with Gasteiger partial charge in [-0.1, -0.05) is 150 Å². The second-order valence-electron chi connectivity index (χ2n) is 15.9. The SMILES string of the molecule is CC/C=C/C/C=C/C/C=C/C/C=C/C/C=C/C/C=C/CCC(=O)OCC(COCCC(C(=O)O)[N+](C)(C)C)OC(=O)CCCCCCCCC/C=C/CCCCCC. The summed E-state index contributed by atoms with van der Waals surface area (Å²) in [5, 5.41) is 9.62. The highest BCUT2D eigenvalue weighted by atomic mass is 16.6. The van der Waals surface area contributed by atoms with E-state index in [2.05, 4.69) is 86.8 Å². The number of ether oxygens (including phenoxy) is 3. The summed E-state index contributed by atoms with van der Waals surface area (Å²) in [6.07, 6.45) is 52.1. The molecule has 0 rings (SSSR count). The Kier molecular flexibility index (Phi) is 37.9. The molecule has 2 atom stereocenters. The third kappa shape index (κ3) is 38.1. The molecule has 0 bridgehead atoms. The molecule has 0 aliphatic rings. The van der Waals surface area contributed by atoms with E-state index in [1.54, 1.807) is 0 Å². The van der Waals surface area contributed by atoms with Gasteiger partial charge in [0.15, 0.2) is 12.1 Å². The van der Waals surface area contributed by atoms with Crippen molar-refractivity contribution in [2.24, 2.45) is 0 Å². The molecule has 1 N–H and O–H groups in total. The summed E-state index contributed by atoms with van der Waals surface area (Å²) in [5.74, 6) is -1.59. The number of aliphatic carboxylic acids is 1. The van der Waals surface area contributed by atoms with Crippen LogP contribution in [-0.2, 0) is 28.6 Å². The summed E-state index contributed by atoms with van der Waals surface area (Å²) < 4.78 is 17.2. The van der Waals surface area contributed by atoms with Crippen LogP contribution in [0.25, 0.3) is 0 Å². The highest BCUT2D eigenvalue weighted by Gasteiger charge is 2.31. The second-order valence-corrected chi connectivity index (χ2v) is 15.9. The molecule has 0 aromatic rings. The van der Waals surface area contributed by atoms with Crippen molar-refractivity contribution in [2.45, 2.75) is 174 Å². The fourth-order valence-electron chi connectivity index (χ4n) is 6.05. The first-order chi connectivity index (χ1) is 28.1. The Balaban J connectivity index is 4.47. The molecule has 58 heavy (non-hydrogen) atoms. The van der Waals surface area contributed by atoms with Crippen LogP contribution in [0.4, 0.5) is 0 Å². The lowest BCUT2D eigenvalue weighted by Crippen LogP contribution is -2.50. The van der Waals surface area contributed by atoms with Crippen molar-refractivity contribution in [3.8, 4) is 0 Å². The number of carbonyl (C=O) groups is 3. The molecule has 0 saturated heterocycles. The molecular formula is C50H84NO7+. The maximum Gasteiger partial charge on any atom is 0.362 e. The molecule has 0 aromatic carbocycles. The van der Waals surface area contributed by atoms with Crippen LogP contribution >= 0.6 is 0 Å². The number of rotatable bonds is 39. The Labute approximate surface area is 354 Å². The van der Waals surface area contributed by atoms with Crippen molar-refractivity contribution in [3.63, 3.8) is 0 Å². The minimum atomic E-state index is -0.888. The molecule has 330 valence electrons. The number of quaternary nitrogens is 1. The van der Waals surface area contributed by atoms with E-state index >= 15 is 0 Å². The van der Waals surface area contributed by atoms with Crippen molar-refractivity contribution in [3.05, 3.63) is 85.1 Å². The predicted octanol–water partition coefficient (Wildman–Crippen LogP) is 12.5. The number of allylic oxidation sites excluding steroid dienone is 14. The van der Waals surface area contributed by atoms with Crippen LogP contribution in [0.3, 0.4) is 0 Å². The molecule has 0 amide bonds. The van der Waals surface area contributed by atoms with E-state index in [9.17, 15) is 19.5 Å². The van der Waals surface area contributed by atoms with E-state index in [1.165, 1.54) is 64.2 Å². The Bertz CT molecular complexity index is 1220. The lowest BCUT2D eigenvalue weighted by Gasteiger charge is -2.31. The van der Waals surface area contributed by atoms with Gasteiger partial charge in [0.2, 0.25) is 0 Å². The minimum absolute atomic E-state index is 0.0314. The average molecular weight is 811 g/mol. The van der Waals surface area contributed by atoms with Gasteiger partial charge in [0.05, 0.1) is 34.4 Å². The van der Waals surface area contributed by atoms with Crippen LogP contribution in [0.15, 0.2) is 85.1 Å². The first-order valence-electron chi connectivity index (χ1n) is 22.6. The highest BCUT2D eigenvalue weighted by molar-refractivity contribution is 5.72.